The Labute approximate surface area is 218 Å². The van der Waals surface area contributed by atoms with Crippen LogP contribution >= 0.6 is 11.3 Å². The third-order valence-corrected chi connectivity index (χ3v) is 7.26. The number of carbonyl (C=O) groups excluding carboxylic acids is 1. The lowest BCUT2D eigenvalue weighted by atomic mass is 10.1. The molecule has 5 aromatic rings. The van der Waals surface area contributed by atoms with Gasteiger partial charge in [0.1, 0.15) is 10.8 Å². The summed E-state index contributed by atoms with van der Waals surface area (Å²) in [5, 5.41) is 0.639. The van der Waals surface area contributed by atoms with Gasteiger partial charge in [-0.05, 0) is 24.6 Å². The van der Waals surface area contributed by atoms with E-state index in [0.29, 0.717) is 37.7 Å². The number of thiazole rings is 1. The zero-order valence-corrected chi connectivity index (χ0v) is 21.2. The van der Waals surface area contributed by atoms with E-state index < -0.39 is 24.0 Å². The number of rotatable bonds is 4. The molecular weight excluding hydrogens is 516 g/mol. The molecule has 6 rings (SSSR count). The van der Waals surface area contributed by atoms with Crippen LogP contribution in [-0.4, -0.2) is 46.5 Å². The largest absolute Gasteiger partial charge is 0.480 e. The zero-order valence-electron chi connectivity index (χ0n) is 20.4. The first-order chi connectivity index (χ1) is 18.3. The van der Waals surface area contributed by atoms with Gasteiger partial charge in [0, 0.05) is 30.3 Å². The maximum absolute atomic E-state index is 15.0. The van der Waals surface area contributed by atoms with E-state index in [1.165, 1.54) is 44.0 Å². The van der Waals surface area contributed by atoms with Crippen LogP contribution in [0.3, 0.4) is 0 Å². The van der Waals surface area contributed by atoms with E-state index in [1.807, 2.05) is 19.1 Å². The molecule has 0 N–H and O–H groups in total. The van der Waals surface area contributed by atoms with Crippen LogP contribution in [0.15, 0.2) is 42.9 Å². The Hall–Kier alpha value is -4.45. The number of ether oxygens (including phenoxy) is 3. The molecule has 0 saturated carbocycles. The number of hydrogen-bond donors (Lipinski definition) is 0. The van der Waals surface area contributed by atoms with Gasteiger partial charge in [0.25, 0.3) is 6.29 Å². The predicted molar refractivity (Wildman–Crippen MR) is 137 cm³/mol. The molecule has 192 valence electrons. The van der Waals surface area contributed by atoms with Crippen molar-refractivity contribution in [3.05, 3.63) is 65.6 Å². The molecule has 0 fully saturated rings. The van der Waals surface area contributed by atoms with Crippen molar-refractivity contribution in [2.75, 3.05) is 19.1 Å². The van der Waals surface area contributed by atoms with Crippen LogP contribution < -0.4 is 14.4 Å². The normalized spacial score (nSPS) is 14.4. The molecule has 2 aromatic carbocycles. The molecular formula is C26H19F2N5O4S. The minimum Gasteiger partial charge on any atom is -0.480 e. The van der Waals surface area contributed by atoms with E-state index in [0.717, 1.165) is 28.3 Å². The van der Waals surface area contributed by atoms with Gasteiger partial charge < -0.3 is 14.2 Å². The van der Waals surface area contributed by atoms with Crippen molar-refractivity contribution in [1.82, 2.24) is 19.9 Å². The number of hydrogen-bond acceptors (Lipinski definition) is 9. The van der Waals surface area contributed by atoms with Gasteiger partial charge in [-0.15, -0.1) is 11.3 Å². The molecule has 38 heavy (non-hydrogen) atoms. The molecule has 9 nitrogen and oxygen atoms in total. The highest BCUT2D eigenvalue weighted by Gasteiger charge is 2.33. The third-order valence-electron chi connectivity index (χ3n) is 6.09. The first kappa shape index (κ1) is 23.9. The lowest BCUT2D eigenvalue weighted by Gasteiger charge is -2.19. The molecule has 1 amide bonds. The summed E-state index contributed by atoms with van der Waals surface area (Å²) in [6, 6.07) is 6.31. The van der Waals surface area contributed by atoms with E-state index >= 15 is 4.39 Å². The Morgan fingerprint density at radius 3 is 2.76 bits per heavy atom. The quantitative estimate of drug-likeness (QED) is 0.300. The predicted octanol–water partition coefficient (Wildman–Crippen LogP) is 5.43. The Morgan fingerprint density at radius 2 is 1.97 bits per heavy atom. The summed E-state index contributed by atoms with van der Waals surface area (Å²) in [6.07, 6.45) is 2.15. The van der Waals surface area contributed by atoms with Crippen LogP contribution in [-0.2, 0) is 11.2 Å². The van der Waals surface area contributed by atoms with Crippen LogP contribution in [0.1, 0.15) is 11.1 Å². The molecule has 0 radical (unpaired) electrons. The first-order valence-corrected chi connectivity index (χ1v) is 12.3. The summed E-state index contributed by atoms with van der Waals surface area (Å²) in [6.45, 7) is 1.94. The highest BCUT2D eigenvalue weighted by molar-refractivity contribution is 7.22. The lowest BCUT2D eigenvalue weighted by molar-refractivity contribution is -0.0144. The van der Waals surface area contributed by atoms with Crippen LogP contribution in [0.25, 0.3) is 31.8 Å². The van der Waals surface area contributed by atoms with Gasteiger partial charge in [-0.2, -0.15) is 0 Å². The number of nitrogens with zero attached hydrogens (tertiary/aromatic N) is 5. The minimum atomic E-state index is -1.06. The van der Waals surface area contributed by atoms with E-state index in [4.69, 9.17) is 14.2 Å². The van der Waals surface area contributed by atoms with Gasteiger partial charge >= 0.3 is 6.09 Å². The van der Waals surface area contributed by atoms with Crippen molar-refractivity contribution in [2.24, 2.45) is 0 Å². The average molecular weight is 536 g/mol. The fraction of sp³-hybridized carbons (Fsp3) is 0.192. The molecule has 0 saturated heterocycles. The Bertz CT molecular complexity index is 1740. The summed E-state index contributed by atoms with van der Waals surface area (Å²) in [5.41, 5.74) is 4.24. The van der Waals surface area contributed by atoms with Crippen molar-refractivity contribution >= 4 is 44.4 Å². The van der Waals surface area contributed by atoms with Crippen LogP contribution in [0.5, 0.6) is 11.6 Å². The van der Waals surface area contributed by atoms with Crippen LogP contribution in [0.2, 0.25) is 0 Å². The molecule has 0 unspecified atom stereocenters. The molecule has 0 spiro atoms. The van der Waals surface area contributed by atoms with Crippen molar-refractivity contribution in [1.29, 1.82) is 0 Å². The van der Waals surface area contributed by atoms with E-state index in [1.54, 1.807) is 0 Å². The summed E-state index contributed by atoms with van der Waals surface area (Å²) in [5.74, 6) is -0.789. The lowest BCUT2D eigenvalue weighted by Crippen LogP contribution is -2.33. The van der Waals surface area contributed by atoms with E-state index in [9.17, 15) is 9.18 Å². The fourth-order valence-corrected chi connectivity index (χ4v) is 5.41. The van der Waals surface area contributed by atoms with Crippen molar-refractivity contribution in [3.63, 3.8) is 0 Å². The fourth-order valence-electron chi connectivity index (χ4n) is 4.30. The van der Waals surface area contributed by atoms with Crippen molar-refractivity contribution in [2.45, 2.75) is 19.6 Å². The van der Waals surface area contributed by atoms with Gasteiger partial charge in [0.05, 0.1) is 59.1 Å². The summed E-state index contributed by atoms with van der Waals surface area (Å²) in [7, 11) is 2.94. The number of pyridine rings is 1. The number of methoxy groups -OCH3 is 1. The molecule has 1 atom stereocenters. The molecule has 1 aliphatic heterocycles. The van der Waals surface area contributed by atoms with Gasteiger partial charge in [0.15, 0.2) is 11.6 Å². The monoisotopic (exact) mass is 535 g/mol. The van der Waals surface area contributed by atoms with E-state index in [-0.39, 0.29) is 17.9 Å². The topological polar surface area (TPSA) is 99.6 Å². The second-order valence-electron chi connectivity index (χ2n) is 8.68. The zero-order chi connectivity index (χ0) is 26.6. The SMILES string of the molecule is COc1cnc2c(-c3nc4cc(F)c5c(c4s3)C[C@@H](OC(=O)N(C)c3cncc(F)c3)O5)cc(C)cc2n1. The highest BCUT2D eigenvalue weighted by Crippen LogP contribution is 2.43. The summed E-state index contributed by atoms with van der Waals surface area (Å²) in [4.78, 5) is 31.2. The van der Waals surface area contributed by atoms with Crippen molar-refractivity contribution < 1.29 is 27.8 Å². The Balaban J connectivity index is 1.32. The third kappa shape index (κ3) is 4.12. The number of carbonyl (C=O) groups is 1. The number of fused-ring (bicyclic) bond motifs is 4. The van der Waals surface area contributed by atoms with Crippen LogP contribution in [0.4, 0.5) is 19.3 Å². The molecule has 4 heterocycles. The van der Waals surface area contributed by atoms with Gasteiger partial charge in [0.2, 0.25) is 5.88 Å². The molecule has 0 aliphatic carbocycles. The van der Waals surface area contributed by atoms with Gasteiger partial charge in [-0.1, -0.05) is 0 Å². The standard InChI is InChI=1S/C26H19F2N5O4S/c1-12-4-15(22-18(5-12)31-20(35-3)11-30-22)25-32-19-8-17(28)23-16(24(19)38-25)7-21(36-23)37-26(34)33(2)14-6-13(27)9-29-10-14/h4-6,8-11,21H,7H2,1-3H3/t21-/m1/s1. The second-order valence-corrected chi connectivity index (χ2v) is 9.68. The smallest absolute Gasteiger partial charge is 0.417 e. The molecule has 1 aliphatic rings. The maximum Gasteiger partial charge on any atom is 0.417 e. The Kier molecular flexibility index (Phi) is 5.75. The van der Waals surface area contributed by atoms with Gasteiger partial charge in [-0.3, -0.25) is 9.88 Å². The molecule has 0 bridgehead atoms. The number of anilines is 1. The summed E-state index contributed by atoms with van der Waals surface area (Å²) >= 11 is 1.37. The van der Waals surface area contributed by atoms with Crippen molar-refractivity contribution in [3.8, 4) is 22.2 Å². The Morgan fingerprint density at radius 1 is 1.13 bits per heavy atom. The highest BCUT2D eigenvalue weighted by atomic mass is 32.1. The number of benzene rings is 2. The maximum atomic E-state index is 15.0. The van der Waals surface area contributed by atoms with E-state index in [2.05, 4.69) is 19.9 Å². The van der Waals surface area contributed by atoms with Gasteiger partial charge in [-0.25, -0.2) is 28.5 Å². The number of aryl methyl sites for hydroxylation is 1. The average Bonchev–Trinajstić information content (AvgIpc) is 3.52. The molecule has 3 aromatic heterocycles. The number of halogens is 2. The van der Waals surface area contributed by atoms with Crippen LogP contribution in [0, 0.1) is 18.6 Å². The number of amides is 1. The number of aromatic nitrogens is 4. The molecule has 12 heteroatoms. The minimum absolute atomic E-state index is 0.0132. The first-order valence-electron chi connectivity index (χ1n) is 11.5. The summed E-state index contributed by atoms with van der Waals surface area (Å²) < 4.78 is 45.5. The second kappa shape index (κ2) is 9.14.